The molecule has 3 aromatic carbocycles. The van der Waals surface area contributed by atoms with Gasteiger partial charge in [0.05, 0.1) is 53.2 Å². The molecule has 2 aliphatic carbocycles. The number of carbonyl (C=O) groups excluding carboxylic acids is 2. The van der Waals surface area contributed by atoms with Gasteiger partial charge in [0.1, 0.15) is 22.8 Å². The Kier molecular flexibility index (Phi) is 9.84. The summed E-state index contributed by atoms with van der Waals surface area (Å²) in [5, 5.41) is 49.2. The van der Waals surface area contributed by atoms with Crippen molar-refractivity contribution in [3.63, 3.8) is 0 Å². The van der Waals surface area contributed by atoms with E-state index in [2.05, 4.69) is 9.93 Å². The maximum absolute atomic E-state index is 13.9. The highest BCUT2D eigenvalue weighted by molar-refractivity contribution is 7.89. The van der Waals surface area contributed by atoms with Gasteiger partial charge in [0, 0.05) is 42.0 Å². The van der Waals surface area contributed by atoms with Crippen molar-refractivity contribution < 1.29 is 52.6 Å². The maximum Gasteiger partial charge on any atom is 0.276 e. The van der Waals surface area contributed by atoms with Gasteiger partial charge >= 0.3 is 0 Å². The van der Waals surface area contributed by atoms with Gasteiger partial charge in [0.25, 0.3) is 10.0 Å². The summed E-state index contributed by atoms with van der Waals surface area (Å²) in [6.07, 6.45) is -3.99. The van der Waals surface area contributed by atoms with Crippen LogP contribution < -0.4 is 15.3 Å². The first kappa shape index (κ1) is 36.2. The first-order valence-corrected chi connectivity index (χ1v) is 16.6. The number of aryl methyl sites for hydroxylation is 1. The fourth-order valence-corrected chi connectivity index (χ4v) is 7.29. The van der Waals surface area contributed by atoms with Gasteiger partial charge < -0.3 is 40.4 Å². The highest BCUT2D eigenvalue weighted by Crippen LogP contribution is 2.52. The molecule has 3 aliphatic rings. The van der Waals surface area contributed by atoms with E-state index in [9.17, 15) is 38.4 Å². The molecule has 0 spiro atoms. The number of aliphatic hydroxyl groups excluding tert-OH is 1. The molecule has 6 rings (SSSR count). The number of halogens is 1. The monoisotopic (exact) mass is 717 g/mol. The fraction of sp³-hybridized carbons (Fsp3) is 0.364. The summed E-state index contributed by atoms with van der Waals surface area (Å²) in [6.45, 7) is 3.39. The molecule has 14 nitrogen and oxygen atoms in total. The van der Waals surface area contributed by atoms with Crippen molar-refractivity contribution in [2.75, 3.05) is 7.11 Å². The lowest BCUT2D eigenvalue weighted by atomic mass is 9.73. The van der Waals surface area contributed by atoms with Crippen molar-refractivity contribution in [3.8, 4) is 17.2 Å². The van der Waals surface area contributed by atoms with Crippen LogP contribution in [0.1, 0.15) is 74.4 Å². The van der Waals surface area contributed by atoms with Gasteiger partial charge in [-0.15, -0.1) is 12.4 Å². The highest BCUT2D eigenvalue weighted by atomic mass is 35.5. The quantitative estimate of drug-likeness (QED) is 0.0918. The van der Waals surface area contributed by atoms with Crippen LogP contribution in [0.4, 0.5) is 0 Å². The van der Waals surface area contributed by atoms with Crippen molar-refractivity contribution in [1.29, 1.82) is 0 Å². The SMILES string of the molecule is COc1cccc2c1C(=O)c1c(O)c3c(c(O)c1C2=O)CC(O)(/C=N/NS(=O)(=O)c1ccc(C)cc1)CC3OC1CC(N)C(O)C(C)O1.Cl. The third-order valence-electron chi connectivity index (χ3n) is 8.98. The molecule has 7 N–H and O–H groups in total. The summed E-state index contributed by atoms with van der Waals surface area (Å²) < 4.78 is 43.0. The molecule has 0 saturated carbocycles. The number of rotatable bonds is 7. The Morgan fingerprint density at radius 2 is 1.73 bits per heavy atom. The number of phenols is 2. The van der Waals surface area contributed by atoms with E-state index in [1.807, 2.05) is 0 Å². The average molecular weight is 718 g/mol. The molecule has 262 valence electrons. The highest BCUT2D eigenvalue weighted by Gasteiger charge is 2.47. The van der Waals surface area contributed by atoms with E-state index in [1.165, 1.54) is 37.4 Å². The van der Waals surface area contributed by atoms with Gasteiger partial charge in [0.2, 0.25) is 5.78 Å². The van der Waals surface area contributed by atoms with Gasteiger partial charge in [0.15, 0.2) is 12.1 Å². The van der Waals surface area contributed by atoms with E-state index < -0.39 is 86.9 Å². The van der Waals surface area contributed by atoms with Crippen LogP contribution in [0.25, 0.3) is 0 Å². The summed E-state index contributed by atoms with van der Waals surface area (Å²) in [6, 6.07) is 9.66. The Labute approximate surface area is 288 Å². The molecule has 6 unspecified atom stereocenters. The second-order valence-corrected chi connectivity index (χ2v) is 14.0. The Morgan fingerprint density at radius 1 is 1.06 bits per heavy atom. The number of ketones is 2. The summed E-state index contributed by atoms with van der Waals surface area (Å²) in [5.41, 5.74) is 3.65. The first-order chi connectivity index (χ1) is 22.7. The number of phenolic OH excluding ortho intramolecular Hbond substituents is 2. The molecular weight excluding hydrogens is 682 g/mol. The van der Waals surface area contributed by atoms with E-state index in [0.29, 0.717) is 0 Å². The first-order valence-electron chi connectivity index (χ1n) is 15.1. The zero-order valence-corrected chi connectivity index (χ0v) is 28.2. The molecule has 1 saturated heterocycles. The molecule has 0 radical (unpaired) electrons. The number of hydrazone groups is 1. The molecule has 1 heterocycles. The minimum absolute atomic E-state index is 0. The molecule has 0 bridgehead atoms. The number of carbonyl (C=O) groups is 2. The normalized spacial score (nSPS) is 26.4. The van der Waals surface area contributed by atoms with E-state index in [4.69, 9.17) is 19.9 Å². The standard InChI is InChI=1S/C33H35N3O11S.ClH/c1-15-7-9-17(10-8-15)48(43,44)36-35-14-33(42)12-19-25(22(13-33)47-23-11-20(34)28(37)16(2)46-23)32(41)27-26(30(19)39)29(38)18-5-4-6-21(45-3)24(18)31(27)40;/h4-10,14,16,20,22-23,28,36-37,39,41-42H,11-13,34H2,1-3H3;1H/b35-14+;. The molecule has 0 aromatic heterocycles. The van der Waals surface area contributed by atoms with E-state index in [1.54, 1.807) is 26.0 Å². The lowest BCUT2D eigenvalue weighted by Gasteiger charge is -2.41. The number of ether oxygens (including phenoxy) is 3. The van der Waals surface area contributed by atoms with Crippen LogP contribution >= 0.6 is 12.4 Å². The number of aromatic hydroxyl groups is 2. The topological polar surface area (TPSA) is 227 Å². The third kappa shape index (κ3) is 6.38. The van der Waals surface area contributed by atoms with Crippen LogP contribution in [0.5, 0.6) is 17.2 Å². The zero-order valence-electron chi connectivity index (χ0n) is 26.6. The predicted octanol–water partition coefficient (Wildman–Crippen LogP) is 2.13. The Hall–Kier alpha value is -4.09. The second kappa shape index (κ2) is 13.3. The van der Waals surface area contributed by atoms with Gasteiger partial charge in [-0.3, -0.25) is 9.59 Å². The van der Waals surface area contributed by atoms with Crippen molar-refractivity contribution in [3.05, 3.63) is 81.4 Å². The summed E-state index contributed by atoms with van der Waals surface area (Å²) in [4.78, 5) is 29.6. The molecule has 1 aliphatic heterocycles. The molecule has 49 heavy (non-hydrogen) atoms. The fourth-order valence-electron chi connectivity index (χ4n) is 6.50. The lowest BCUT2D eigenvalue weighted by Crippen LogP contribution is -2.52. The van der Waals surface area contributed by atoms with Gasteiger partial charge in [-0.05, 0) is 32.0 Å². The second-order valence-electron chi connectivity index (χ2n) is 12.3. The van der Waals surface area contributed by atoms with Crippen molar-refractivity contribution >= 4 is 40.2 Å². The van der Waals surface area contributed by atoms with Crippen LogP contribution in [0, 0.1) is 6.92 Å². The number of hydrogen-bond donors (Lipinski definition) is 6. The van der Waals surface area contributed by atoms with Gasteiger partial charge in [-0.1, -0.05) is 29.8 Å². The molecule has 3 aromatic rings. The molecule has 6 atom stereocenters. The number of nitrogens with one attached hydrogen (secondary N) is 1. The van der Waals surface area contributed by atoms with Crippen molar-refractivity contribution in [2.45, 2.75) is 74.3 Å². The Morgan fingerprint density at radius 3 is 2.39 bits per heavy atom. The number of methoxy groups -OCH3 is 1. The minimum Gasteiger partial charge on any atom is -0.507 e. The number of benzene rings is 3. The Bertz CT molecular complexity index is 1940. The van der Waals surface area contributed by atoms with Crippen molar-refractivity contribution in [1.82, 2.24) is 4.83 Å². The van der Waals surface area contributed by atoms with E-state index in [0.717, 1.165) is 11.8 Å². The van der Waals surface area contributed by atoms with Crippen LogP contribution in [0.2, 0.25) is 0 Å². The third-order valence-corrected chi connectivity index (χ3v) is 10.2. The van der Waals surface area contributed by atoms with Gasteiger partial charge in [-0.25, -0.2) is 4.83 Å². The smallest absolute Gasteiger partial charge is 0.276 e. The number of aliphatic hydroxyl groups is 2. The van der Waals surface area contributed by atoms with Crippen LogP contribution in [0.3, 0.4) is 0 Å². The van der Waals surface area contributed by atoms with E-state index in [-0.39, 0.29) is 58.1 Å². The molecular formula is C33H36ClN3O11S. The molecule has 1 fully saturated rings. The van der Waals surface area contributed by atoms with Crippen molar-refractivity contribution in [2.24, 2.45) is 10.8 Å². The van der Waals surface area contributed by atoms with Crippen LogP contribution in [-0.4, -0.2) is 83.9 Å². The largest absolute Gasteiger partial charge is 0.507 e. The minimum atomic E-state index is -4.12. The summed E-state index contributed by atoms with van der Waals surface area (Å²) >= 11 is 0. The number of nitrogens with two attached hydrogens (primary N) is 1. The van der Waals surface area contributed by atoms with E-state index >= 15 is 0 Å². The average Bonchev–Trinajstić information content (AvgIpc) is 3.03. The maximum atomic E-state index is 13.9. The number of sulfonamides is 1. The molecule has 0 amide bonds. The predicted molar refractivity (Wildman–Crippen MR) is 177 cm³/mol. The lowest BCUT2D eigenvalue weighted by molar-refractivity contribution is -0.245. The van der Waals surface area contributed by atoms with Gasteiger partial charge in [-0.2, -0.15) is 13.5 Å². The van der Waals surface area contributed by atoms with Crippen LogP contribution in [-0.2, 0) is 25.9 Å². The van der Waals surface area contributed by atoms with Crippen LogP contribution in [0.15, 0.2) is 52.5 Å². The summed E-state index contributed by atoms with van der Waals surface area (Å²) in [7, 11) is -2.80. The molecule has 16 heteroatoms. The number of nitrogens with zero attached hydrogens (tertiary/aromatic N) is 1. The number of fused-ring (bicyclic) bond motifs is 3. The summed E-state index contributed by atoms with van der Waals surface area (Å²) in [5.74, 6) is -2.76. The Balaban J connectivity index is 0.00000468. The zero-order chi connectivity index (χ0) is 34.7. The number of hydrogen-bond acceptors (Lipinski definition) is 13.